The summed E-state index contributed by atoms with van der Waals surface area (Å²) in [5.74, 6) is -1.21. The third-order valence-corrected chi connectivity index (χ3v) is 4.55. The highest BCUT2D eigenvalue weighted by Crippen LogP contribution is 2.24. The van der Waals surface area contributed by atoms with Crippen molar-refractivity contribution in [2.24, 2.45) is 0 Å². The molecule has 9 heteroatoms. The maximum atomic E-state index is 12.4. The Labute approximate surface area is 165 Å². The number of nitro groups is 1. The minimum absolute atomic E-state index is 0.143. The molecule has 1 N–H and O–H groups in total. The van der Waals surface area contributed by atoms with E-state index in [-0.39, 0.29) is 5.76 Å². The van der Waals surface area contributed by atoms with Gasteiger partial charge in [-0.2, -0.15) is 4.80 Å². The van der Waals surface area contributed by atoms with Crippen molar-refractivity contribution in [1.29, 1.82) is 0 Å². The van der Waals surface area contributed by atoms with E-state index in [1.807, 2.05) is 37.3 Å². The first kappa shape index (κ1) is 18.4. The molecule has 1 amide bonds. The summed E-state index contributed by atoms with van der Waals surface area (Å²) in [6, 6.07) is 13.9. The van der Waals surface area contributed by atoms with E-state index in [2.05, 4.69) is 22.4 Å². The van der Waals surface area contributed by atoms with Gasteiger partial charge in [0, 0.05) is 5.69 Å². The minimum Gasteiger partial charge on any atom is -0.395 e. The highest BCUT2D eigenvalue weighted by atomic mass is 16.6. The van der Waals surface area contributed by atoms with E-state index in [1.165, 1.54) is 11.6 Å². The number of furan rings is 1. The number of aromatic nitrogens is 3. The lowest BCUT2D eigenvalue weighted by Gasteiger charge is -2.06. The summed E-state index contributed by atoms with van der Waals surface area (Å²) < 4.78 is 4.94. The van der Waals surface area contributed by atoms with E-state index < -0.39 is 16.7 Å². The number of fused-ring (bicyclic) bond motifs is 1. The molecule has 2 aromatic carbocycles. The summed E-state index contributed by atoms with van der Waals surface area (Å²) in [6.07, 6.45) is 0.954. The Morgan fingerprint density at radius 1 is 1.14 bits per heavy atom. The van der Waals surface area contributed by atoms with Crippen LogP contribution in [-0.2, 0) is 6.42 Å². The fourth-order valence-corrected chi connectivity index (χ4v) is 2.91. The van der Waals surface area contributed by atoms with E-state index in [4.69, 9.17) is 4.42 Å². The van der Waals surface area contributed by atoms with Crippen LogP contribution in [0.15, 0.2) is 52.9 Å². The SMILES string of the molecule is CCc1ccc(-n2nc3cc(C)c(NC(=O)c4ccc([N+](=O)[O-])o4)cc3n2)cc1. The molecule has 0 aliphatic carbocycles. The van der Waals surface area contributed by atoms with Crippen molar-refractivity contribution >= 4 is 28.5 Å². The quantitative estimate of drug-likeness (QED) is 0.405. The van der Waals surface area contributed by atoms with Crippen LogP contribution >= 0.6 is 0 Å². The molecule has 0 unspecified atom stereocenters. The van der Waals surface area contributed by atoms with Gasteiger partial charge in [0.25, 0.3) is 5.91 Å². The molecule has 146 valence electrons. The van der Waals surface area contributed by atoms with Gasteiger partial charge in [0.05, 0.1) is 11.8 Å². The van der Waals surface area contributed by atoms with Crippen LogP contribution in [0, 0.1) is 17.0 Å². The lowest BCUT2D eigenvalue weighted by molar-refractivity contribution is -0.402. The minimum atomic E-state index is -0.695. The molecule has 0 saturated heterocycles. The summed E-state index contributed by atoms with van der Waals surface area (Å²) >= 11 is 0. The third-order valence-electron chi connectivity index (χ3n) is 4.55. The molecule has 2 aromatic heterocycles. The maximum Gasteiger partial charge on any atom is 0.433 e. The second-order valence-corrected chi connectivity index (χ2v) is 6.51. The molecule has 2 heterocycles. The van der Waals surface area contributed by atoms with Crippen LogP contribution in [0.5, 0.6) is 0 Å². The molecule has 0 atom stereocenters. The first-order chi connectivity index (χ1) is 13.9. The summed E-state index contributed by atoms with van der Waals surface area (Å²) in [7, 11) is 0. The lowest BCUT2D eigenvalue weighted by Crippen LogP contribution is -2.11. The number of aryl methyl sites for hydroxylation is 2. The van der Waals surface area contributed by atoms with Gasteiger partial charge in [-0.25, -0.2) is 0 Å². The largest absolute Gasteiger partial charge is 0.433 e. The van der Waals surface area contributed by atoms with Gasteiger partial charge in [0.1, 0.15) is 16.0 Å². The number of hydrogen-bond donors (Lipinski definition) is 1. The first-order valence-electron chi connectivity index (χ1n) is 8.97. The van der Waals surface area contributed by atoms with E-state index >= 15 is 0 Å². The zero-order valence-electron chi connectivity index (χ0n) is 15.7. The Kier molecular flexibility index (Phi) is 4.55. The van der Waals surface area contributed by atoms with Crippen molar-refractivity contribution in [2.45, 2.75) is 20.3 Å². The van der Waals surface area contributed by atoms with Gasteiger partial charge >= 0.3 is 5.88 Å². The Bertz CT molecular complexity index is 1220. The highest BCUT2D eigenvalue weighted by molar-refractivity contribution is 6.03. The van der Waals surface area contributed by atoms with Gasteiger partial charge in [0.15, 0.2) is 5.76 Å². The van der Waals surface area contributed by atoms with Crippen LogP contribution in [-0.4, -0.2) is 25.8 Å². The number of carbonyl (C=O) groups is 1. The van der Waals surface area contributed by atoms with E-state index in [1.54, 1.807) is 10.9 Å². The van der Waals surface area contributed by atoms with E-state index in [0.717, 1.165) is 23.7 Å². The van der Waals surface area contributed by atoms with Gasteiger partial charge in [-0.15, -0.1) is 10.2 Å². The van der Waals surface area contributed by atoms with Crippen LogP contribution in [0.2, 0.25) is 0 Å². The number of anilines is 1. The smallest absolute Gasteiger partial charge is 0.395 e. The fraction of sp³-hybridized carbons (Fsp3) is 0.150. The monoisotopic (exact) mass is 391 g/mol. The number of rotatable bonds is 5. The number of amides is 1. The maximum absolute atomic E-state index is 12.4. The van der Waals surface area contributed by atoms with Crippen LogP contribution in [0.25, 0.3) is 16.7 Å². The number of carbonyl (C=O) groups excluding carboxylic acids is 1. The summed E-state index contributed by atoms with van der Waals surface area (Å²) in [5, 5.41) is 22.4. The summed E-state index contributed by atoms with van der Waals surface area (Å²) in [6.45, 7) is 3.92. The van der Waals surface area contributed by atoms with E-state index in [0.29, 0.717) is 16.7 Å². The van der Waals surface area contributed by atoms with Crippen molar-refractivity contribution in [3.8, 4) is 5.69 Å². The Morgan fingerprint density at radius 2 is 1.83 bits per heavy atom. The van der Waals surface area contributed by atoms with Crippen LogP contribution < -0.4 is 5.32 Å². The molecule has 4 rings (SSSR count). The van der Waals surface area contributed by atoms with Crippen molar-refractivity contribution < 1.29 is 14.1 Å². The Hall–Kier alpha value is -4.01. The van der Waals surface area contributed by atoms with E-state index in [9.17, 15) is 14.9 Å². The average Bonchev–Trinajstić information content (AvgIpc) is 3.35. The molecule has 29 heavy (non-hydrogen) atoms. The fourth-order valence-electron chi connectivity index (χ4n) is 2.91. The molecule has 0 spiro atoms. The van der Waals surface area contributed by atoms with Crippen molar-refractivity contribution in [3.63, 3.8) is 0 Å². The third kappa shape index (κ3) is 3.57. The van der Waals surface area contributed by atoms with Gasteiger partial charge in [-0.3, -0.25) is 14.9 Å². The molecule has 4 aromatic rings. The van der Waals surface area contributed by atoms with Gasteiger partial charge in [-0.05, 0) is 54.8 Å². The topological polar surface area (TPSA) is 116 Å². The number of hydrogen-bond acceptors (Lipinski definition) is 6. The first-order valence-corrected chi connectivity index (χ1v) is 8.97. The highest BCUT2D eigenvalue weighted by Gasteiger charge is 2.18. The second-order valence-electron chi connectivity index (χ2n) is 6.51. The second kappa shape index (κ2) is 7.19. The van der Waals surface area contributed by atoms with Gasteiger partial charge in [0.2, 0.25) is 0 Å². The molecule has 0 aliphatic heterocycles. The van der Waals surface area contributed by atoms with Gasteiger partial charge in [-0.1, -0.05) is 19.1 Å². The van der Waals surface area contributed by atoms with Crippen LogP contribution in [0.4, 0.5) is 11.6 Å². The number of benzene rings is 2. The predicted octanol–water partition coefficient (Wildman–Crippen LogP) is 4.04. The molecule has 0 radical (unpaired) electrons. The number of nitrogens with one attached hydrogen (secondary N) is 1. The van der Waals surface area contributed by atoms with Crippen molar-refractivity contribution in [3.05, 3.63) is 75.5 Å². The molecule has 0 bridgehead atoms. The summed E-state index contributed by atoms with van der Waals surface area (Å²) in [5.41, 5.74) is 4.66. The molecule has 0 fully saturated rings. The van der Waals surface area contributed by atoms with Crippen LogP contribution in [0.1, 0.15) is 28.6 Å². The summed E-state index contributed by atoms with van der Waals surface area (Å²) in [4.78, 5) is 23.9. The lowest BCUT2D eigenvalue weighted by atomic mass is 10.1. The van der Waals surface area contributed by atoms with Crippen molar-refractivity contribution in [1.82, 2.24) is 15.0 Å². The zero-order chi connectivity index (χ0) is 20.5. The zero-order valence-corrected chi connectivity index (χ0v) is 15.7. The Balaban J connectivity index is 1.62. The standard InChI is InChI=1S/C20H17N5O4/c1-3-13-4-6-14(7-5-13)24-22-16-10-12(2)15(11-17(16)23-24)21-20(26)18-8-9-19(29-18)25(27)28/h4-11H,3H2,1-2H3,(H,21,26). The predicted molar refractivity (Wildman–Crippen MR) is 106 cm³/mol. The molecular weight excluding hydrogens is 374 g/mol. The van der Waals surface area contributed by atoms with Gasteiger partial charge < -0.3 is 9.73 Å². The Morgan fingerprint density at radius 3 is 2.45 bits per heavy atom. The molecule has 9 nitrogen and oxygen atoms in total. The number of nitrogens with zero attached hydrogens (tertiary/aromatic N) is 4. The molecule has 0 saturated carbocycles. The van der Waals surface area contributed by atoms with Crippen LogP contribution in [0.3, 0.4) is 0 Å². The normalized spacial score (nSPS) is 11.0. The van der Waals surface area contributed by atoms with Crippen molar-refractivity contribution in [2.75, 3.05) is 5.32 Å². The average molecular weight is 391 g/mol. The molecular formula is C20H17N5O4. The molecule has 0 aliphatic rings.